The minimum absolute atomic E-state index is 0.164. The molecule has 0 spiro atoms. The number of benzene rings is 1. The van der Waals surface area contributed by atoms with Gasteiger partial charge in [-0.1, -0.05) is 18.2 Å². The third-order valence-corrected chi connectivity index (χ3v) is 5.09. The summed E-state index contributed by atoms with van der Waals surface area (Å²) >= 11 is 0. The zero-order valence-corrected chi connectivity index (χ0v) is 13.4. The van der Waals surface area contributed by atoms with E-state index in [2.05, 4.69) is 24.3 Å². The van der Waals surface area contributed by atoms with Crippen LogP contribution in [0.15, 0.2) is 18.2 Å². The lowest BCUT2D eigenvalue weighted by molar-refractivity contribution is -0.132. The summed E-state index contributed by atoms with van der Waals surface area (Å²) in [5, 5.41) is 9.28. The molecule has 3 rings (SSSR count). The number of hydrogen-bond acceptors (Lipinski definition) is 2. The highest BCUT2D eigenvalue weighted by atomic mass is 16.2. The molecule has 1 amide bonds. The van der Waals surface area contributed by atoms with E-state index in [4.69, 9.17) is 0 Å². The molecule has 0 unspecified atom stereocenters. The number of nitrogens with zero attached hydrogens (tertiary/aromatic N) is 2. The fourth-order valence-electron chi connectivity index (χ4n) is 3.73. The van der Waals surface area contributed by atoms with Crippen LogP contribution in [-0.2, 0) is 24.1 Å². The van der Waals surface area contributed by atoms with E-state index >= 15 is 0 Å². The van der Waals surface area contributed by atoms with Gasteiger partial charge in [-0.05, 0) is 62.1 Å². The molecule has 1 atom stereocenters. The SMILES string of the molecule is C[C@@]1(C#N)CCCN(C(=O)Cc2ccc3c(c2)CCCC3)C1. The van der Waals surface area contributed by atoms with E-state index in [0.29, 0.717) is 13.0 Å². The van der Waals surface area contributed by atoms with E-state index in [0.717, 1.165) is 31.4 Å². The first kappa shape index (κ1) is 15.1. The van der Waals surface area contributed by atoms with Crippen LogP contribution in [0.1, 0.15) is 49.3 Å². The molecule has 3 heteroatoms. The number of carbonyl (C=O) groups is 1. The lowest BCUT2D eigenvalue weighted by Gasteiger charge is -2.36. The van der Waals surface area contributed by atoms with Crippen molar-refractivity contribution in [3.8, 4) is 6.07 Å². The molecule has 1 saturated heterocycles. The lowest BCUT2D eigenvalue weighted by atomic mass is 9.83. The van der Waals surface area contributed by atoms with Crippen LogP contribution in [0.2, 0.25) is 0 Å². The lowest BCUT2D eigenvalue weighted by Crippen LogP contribution is -2.44. The Hall–Kier alpha value is -1.82. The molecule has 1 aliphatic heterocycles. The van der Waals surface area contributed by atoms with E-state index in [1.165, 1.54) is 30.4 Å². The maximum Gasteiger partial charge on any atom is 0.227 e. The molecular formula is C19H24N2O. The molecule has 0 aromatic heterocycles. The summed E-state index contributed by atoms with van der Waals surface area (Å²) in [5.41, 5.74) is 3.63. The molecule has 1 aromatic rings. The highest BCUT2D eigenvalue weighted by molar-refractivity contribution is 5.79. The highest BCUT2D eigenvalue weighted by Crippen LogP contribution is 2.29. The average Bonchev–Trinajstić information content (AvgIpc) is 2.55. The fraction of sp³-hybridized carbons (Fsp3) is 0.579. The topological polar surface area (TPSA) is 44.1 Å². The summed E-state index contributed by atoms with van der Waals surface area (Å²) in [6, 6.07) is 8.91. The largest absolute Gasteiger partial charge is 0.341 e. The van der Waals surface area contributed by atoms with Crippen molar-refractivity contribution in [1.82, 2.24) is 4.90 Å². The number of nitriles is 1. The van der Waals surface area contributed by atoms with E-state index in [9.17, 15) is 10.1 Å². The molecule has 0 bridgehead atoms. The van der Waals surface area contributed by atoms with Crippen LogP contribution in [0.5, 0.6) is 0 Å². The standard InChI is InChI=1S/C19H24N2O/c1-19(13-20)9-4-10-21(14-19)18(22)12-15-7-8-16-5-2-3-6-17(16)11-15/h7-8,11H,2-6,9-10,12,14H2,1H3/t19-/m0/s1. The molecule has 116 valence electrons. The smallest absolute Gasteiger partial charge is 0.227 e. The van der Waals surface area contributed by atoms with Crippen molar-refractivity contribution in [2.75, 3.05) is 13.1 Å². The Balaban J connectivity index is 1.68. The normalized spacial score (nSPS) is 24.5. The molecule has 1 heterocycles. The summed E-state index contributed by atoms with van der Waals surface area (Å²) < 4.78 is 0. The average molecular weight is 296 g/mol. The van der Waals surface area contributed by atoms with E-state index < -0.39 is 0 Å². The molecule has 2 aliphatic rings. The van der Waals surface area contributed by atoms with Crippen molar-refractivity contribution in [3.63, 3.8) is 0 Å². The molecule has 0 N–H and O–H groups in total. The van der Waals surface area contributed by atoms with Gasteiger partial charge in [0.25, 0.3) is 0 Å². The second-order valence-corrected chi connectivity index (χ2v) is 7.08. The maximum atomic E-state index is 12.6. The Morgan fingerprint density at radius 1 is 1.27 bits per heavy atom. The Labute approximate surface area is 132 Å². The van der Waals surface area contributed by atoms with Gasteiger partial charge < -0.3 is 4.90 Å². The van der Waals surface area contributed by atoms with E-state index in [1.807, 2.05) is 11.8 Å². The summed E-state index contributed by atoms with van der Waals surface area (Å²) in [6.45, 7) is 3.33. The van der Waals surface area contributed by atoms with Crippen LogP contribution in [0.4, 0.5) is 0 Å². The van der Waals surface area contributed by atoms with Gasteiger partial charge in [0.1, 0.15) is 0 Å². The third-order valence-electron chi connectivity index (χ3n) is 5.09. The Morgan fingerprint density at radius 3 is 2.82 bits per heavy atom. The van der Waals surface area contributed by atoms with Crippen LogP contribution in [0, 0.1) is 16.7 Å². The van der Waals surface area contributed by atoms with Crippen molar-refractivity contribution >= 4 is 5.91 Å². The van der Waals surface area contributed by atoms with Gasteiger partial charge >= 0.3 is 0 Å². The highest BCUT2D eigenvalue weighted by Gasteiger charge is 2.33. The Kier molecular flexibility index (Phi) is 4.20. The van der Waals surface area contributed by atoms with Crippen molar-refractivity contribution in [3.05, 3.63) is 34.9 Å². The van der Waals surface area contributed by atoms with Gasteiger partial charge in [0.15, 0.2) is 0 Å². The summed E-state index contributed by atoms with van der Waals surface area (Å²) in [7, 11) is 0. The number of aryl methyl sites for hydroxylation is 2. The van der Waals surface area contributed by atoms with Gasteiger partial charge in [0, 0.05) is 13.1 Å². The maximum absolute atomic E-state index is 12.6. The van der Waals surface area contributed by atoms with Gasteiger partial charge in [-0.15, -0.1) is 0 Å². The predicted molar refractivity (Wildman–Crippen MR) is 86.3 cm³/mol. The number of carbonyl (C=O) groups excluding carboxylic acids is 1. The molecule has 0 radical (unpaired) electrons. The van der Waals surface area contributed by atoms with Crippen molar-refractivity contribution in [2.24, 2.45) is 5.41 Å². The number of amides is 1. The summed E-state index contributed by atoms with van der Waals surface area (Å²) in [4.78, 5) is 14.4. The Bertz CT molecular complexity index is 616. The first-order valence-electron chi connectivity index (χ1n) is 8.39. The van der Waals surface area contributed by atoms with Gasteiger partial charge in [0.05, 0.1) is 17.9 Å². The number of rotatable bonds is 2. The first-order chi connectivity index (χ1) is 10.6. The van der Waals surface area contributed by atoms with Crippen LogP contribution < -0.4 is 0 Å². The molecule has 1 aliphatic carbocycles. The second-order valence-electron chi connectivity index (χ2n) is 7.08. The molecule has 22 heavy (non-hydrogen) atoms. The zero-order valence-electron chi connectivity index (χ0n) is 13.4. The number of fused-ring (bicyclic) bond motifs is 1. The van der Waals surface area contributed by atoms with Crippen molar-refractivity contribution in [1.29, 1.82) is 5.26 Å². The molecular weight excluding hydrogens is 272 g/mol. The van der Waals surface area contributed by atoms with E-state index in [1.54, 1.807) is 0 Å². The first-order valence-corrected chi connectivity index (χ1v) is 8.39. The van der Waals surface area contributed by atoms with Gasteiger partial charge in [0.2, 0.25) is 5.91 Å². The molecule has 1 fully saturated rings. The molecule has 1 aromatic carbocycles. The number of piperidine rings is 1. The fourth-order valence-corrected chi connectivity index (χ4v) is 3.73. The van der Waals surface area contributed by atoms with Crippen molar-refractivity contribution in [2.45, 2.75) is 51.9 Å². The minimum Gasteiger partial charge on any atom is -0.341 e. The third kappa shape index (κ3) is 3.16. The minimum atomic E-state index is -0.371. The van der Waals surface area contributed by atoms with Crippen LogP contribution >= 0.6 is 0 Å². The van der Waals surface area contributed by atoms with Crippen LogP contribution in [-0.4, -0.2) is 23.9 Å². The van der Waals surface area contributed by atoms with Gasteiger partial charge in [-0.2, -0.15) is 5.26 Å². The Morgan fingerprint density at radius 2 is 2.05 bits per heavy atom. The summed E-state index contributed by atoms with van der Waals surface area (Å²) in [6.07, 6.45) is 7.16. The molecule has 3 nitrogen and oxygen atoms in total. The van der Waals surface area contributed by atoms with Crippen LogP contribution in [0.25, 0.3) is 0 Å². The van der Waals surface area contributed by atoms with Gasteiger partial charge in [-0.3, -0.25) is 4.79 Å². The number of likely N-dealkylation sites (tertiary alicyclic amines) is 1. The summed E-state index contributed by atoms with van der Waals surface area (Å²) in [5.74, 6) is 0.164. The van der Waals surface area contributed by atoms with Crippen molar-refractivity contribution < 1.29 is 4.79 Å². The van der Waals surface area contributed by atoms with Gasteiger partial charge in [-0.25, -0.2) is 0 Å². The molecule has 0 saturated carbocycles. The quantitative estimate of drug-likeness (QED) is 0.841. The monoisotopic (exact) mass is 296 g/mol. The number of hydrogen-bond donors (Lipinski definition) is 0. The second kappa shape index (κ2) is 6.12. The predicted octanol–water partition coefficient (Wildman–Crippen LogP) is 3.26. The zero-order chi connectivity index (χ0) is 15.6. The van der Waals surface area contributed by atoms with E-state index in [-0.39, 0.29) is 11.3 Å². The van der Waals surface area contributed by atoms with Crippen LogP contribution in [0.3, 0.4) is 0 Å².